The summed E-state index contributed by atoms with van der Waals surface area (Å²) in [4.78, 5) is 67.3. The fourth-order valence-electron chi connectivity index (χ4n) is 26.5. The molecule has 0 aliphatic heterocycles. The molecule has 0 heterocycles. The van der Waals surface area contributed by atoms with Crippen molar-refractivity contribution in [3.63, 3.8) is 0 Å². The number of carbonyl (C=O) groups is 5. The second kappa shape index (κ2) is 28.5. The number of ether oxygens (including phenoxy) is 8. The number of carbonyl (C=O) groups excluding carboxylic acids is 5. The van der Waals surface area contributed by atoms with Gasteiger partial charge in [0.1, 0.15) is 25.0 Å². The molecule has 2 aromatic rings. The van der Waals surface area contributed by atoms with Crippen LogP contribution in [0, 0.1) is 101 Å². The molecular weight excluding hydrogens is 1290 g/mol. The van der Waals surface area contributed by atoms with Crippen LogP contribution in [0.3, 0.4) is 0 Å². The maximum absolute atomic E-state index is 13.7. The number of rotatable bonds is 18. The molecule has 566 valence electrons. The molecule has 8 saturated carbocycles. The Balaban J connectivity index is 0.584. The van der Waals surface area contributed by atoms with Crippen LogP contribution in [0.1, 0.15) is 256 Å². The molecule has 8 fully saturated rings. The van der Waals surface area contributed by atoms with Crippen LogP contribution in [0.4, 0.5) is 0 Å². The maximum atomic E-state index is 13.7. The summed E-state index contributed by atoms with van der Waals surface area (Å²) in [5.74, 6) is 1.90. The molecule has 0 radical (unpaired) electrons. The summed E-state index contributed by atoms with van der Waals surface area (Å²) in [5, 5.41) is 10.9. The summed E-state index contributed by atoms with van der Waals surface area (Å²) in [7, 11) is 6.70. The molecule has 0 bridgehead atoms. The van der Waals surface area contributed by atoms with Crippen molar-refractivity contribution in [2.24, 2.45) is 101 Å². The molecule has 0 aromatic heterocycles. The standard InChI is InChI=1S/C89H126O14/c1-80(2)68-35-41-84(9)52-56-23-31-66-82(5,6)74(39-43-86(66,11)60(56)27-33-70(84)88(68,13)45-37-72(80)98-17)102-78(94)50-76(92)100-62-29-21-54(47-64(62)96-15)19-25-58(90)49-59(91)26-20-55-22-30-63(65(48-55)97-16)101-77(93)51-79(95)103-75-40-44-87(12)61-28-34-71-85(10,53-57(61)24-32-67(87)83(75,7)8)42-36-69-81(3,4)73(99-18)38-46-89(69,71)14/h19-26,29-30,47-48,58,60-61,66-75,90H,27-28,31-46,49-53H2,1-18H3/b25-19+,26-20+/t58?,60-,61-,66-,67-,68-,69-,70-,71-,72-,73-,74+,75+,84-,85-,86+,87+,88-,89-/m0/s1. The SMILES string of the molecule is COc1cc(/C=C/C(=O)CC(O)/C=C/c2ccc(OC(=O)CC(=O)O[C@@H]3CC[C@]4(C)[C@H]5CC[C@H]6[C@@](C)(CC[C@H]7C(C)(C)[C@@H](OC)CC[C@@]76C)CC5=CC[C@H]4C3(C)C)c(OC)c2)ccc1OC(=O)CC(=O)O[C@@H]1CC[C@]2(C)[C@H]3CC[C@H]4[C@@](C)(CC[C@H]5C(C)(C)[C@@H](OC)CC[C@@]54C)CC3=CC[C@H]2C1(C)C. The summed E-state index contributed by atoms with van der Waals surface area (Å²) in [6, 6.07) is 9.73. The van der Waals surface area contributed by atoms with Gasteiger partial charge in [0.2, 0.25) is 0 Å². The lowest BCUT2D eigenvalue weighted by atomic mass is 9.42. The van der Waals surface area contributed by atoms with E-state index in [1.165, 1.54) is 103 Å². The van der Waals surface area contributed by atoms with E-state index >= 15 is 0 Å². The minimum Gasteiger partial charge on any atom is -0.493 e. The average Bonchev–Trinajstić information content (AvgIpc) is 1.67. The topological polar surface area (TPSA) is 179 Å². The molecule has 1 N–H and O–H groups in total. The Kier molecular flexibility index (Phi) is 21.3. The second-order valence-electron chi connectivity index (χ2n) is 38.3. The number of benzene rings is 2. The van der Waals surface area contributed by atoms with Crippen LogP contribution in [-0.2, 0) is 42.9 Å². The van der Waals surface area contributed by atoms with E-state index in [1.807, 2.05) is 14.2 Å². The zero-order valence-electron chi connectivity index (χ0n) is 66.0. The fourth-order valence-corrected chi connectivity index (χ4v) is 26.5. The number of aliphatic hydroxyl groups excluding tert-OH is 1. The third kappa shape index (κ3) is 13.9. The molecule has 0 spiro atoms. The highest BCUT2D eigenvalue weighted by Gasteiger charge is 2.66. The zero-order valence-corrected chi connectivity index (χ0v) is 66.0. The molecular formula is C89H126O14. The van der Waals surface area contributed by atoms with Gasteiger partial charge in [0.05, 0.1) is 32.5 Å². The molecule has 19 atom stereocenters. The summed E-state index contributed by atoms with van der Waals surface area (Å²) < 4.78 is 47.4. The Morgan fingerprint density at radius 1 is 0.437 bits per heavy atom. The van der Waals surface area contributed by atoms with Crippen LogP contribution < -0.4 is 18.9 Å². The Hall–Kier alpha value is -5.57. The van der Waals surface area contributed by atoms with Crippen LogP contribution in [0.15, 0.2) is 71.8 Å². The van der Waals surface area contributed by atoms with Gasteiger partial charge in [-0.25, -0.2) is 0 Å². The second-order valence-corrected chi connectivity index (χ2v) is 38.3. The fraction of sp³-hybridized carbons (Fsp3) is 0.719. The number of hydrogen-bond acceptors (Lipinski definition) is 14. The van der Waals surface area contributed by atoms with Gasteiger partial charge in [0.15, 0.2) is 28.8 Å². The molecule has 103 heavy (non-hydrogen) atoms. The minimum absolute atomic E-state index is 0.0745. The van der Waals surface area contributed by atoms with Gasteiger partial charge in [-0.1, -0.05) is 151 Å². The van der Waals surface area contributed by atoms with E-state index in [2.05, 4.69) is 109 Å². The van der Waals surface area contributed by atoms with Gasteiger partial charge in [-0.15, -0.1) is 0 Å². The molecule has 10 aliphatic rings. The number of allylic oxidation sites excluding steroid dienone is 5. The van der Waals surface area contributed by atoms with Crippen LogP contribution >= 0.6 is 0 Å². The quantitative estimate of drug-likeness (QED) is 0.0490. The Bertz CT molecular complexity index is 3680. The largest absolute Gasteiger partial charge is 0.493 e. The Morgan fingerprint density at radius 2 is 0.825 bits per heavy atom. The number of esters is 4. The molecule has 14 heteroatoms. The maximum Gasteiger partial charge on any atom is 0.322 e. The van der Waals surface area contributed by atoms with Crippen LogP contribution in [0.25, 0.3) is 12.2 Å². The molecule has 2 aromatic carbocycles. The highest BCUT2D eigenvalue weighted by Crippen LogP contribution is 2.73. The first kappa shape index (κ1) is 77.1. The third-order valence-electron chi connectivity index (χ3n) is 31.5. The van der Waals surface area contributed by atoms with Crippen molar-refractivity contribution >= 4 is 41.8 Å². The van der Waals surface area contributed by atoms with E-state index in [0.29, 0.717) is 70.7 Å². The summed E-state index contributed by atoms with van der Waals surface area (Å²) >= 11 is 0. The molecule has 12 rings (SSSR count). The monoisotopic (exact) mass is 1420 g/mol. The number of methoxy groups -OCH3 is 4. The molecule has 10 aliphatic carbocycles. The van der Waals surface area contributed by atoms with Crippen molar-refractivity contribution in [3.8, 4) is 23.0 Å². The van der Waals surface area contributed by atoms with Gasteiger partial charge in [-0.3, -0.25) is 24.0 Å². The van der Waals surface area contributed by atoms with E-state index < -0.39 is 42.8 Å². The van der Waals surface area contributed by atoms with Crippen molar-refractivity contribution in [2.45, 2.75) is 275 Å². The Labute approximate surface area is 616 Å². The lowest BCUT2D eigenvalue weighted by molar-refractivity contribution is -0.178. The predicted molar refractivity (Wildman–Crippen MR) is 402 cm³/mol. The van der Waals surface area contributed by atoms with Gasteiger partial charge in [-0.05, 0) is 261 Å². The van der Waals surface area contributed by atoms with Crippen molar-refractivity contribution in [2.75, 3.05) is 28.4 Å². The lowest BCUT2D eigenvalue weighted by Crippen LogP contribution is -2.58. The molecule has 0 saturated heterocycles. The average molecular weight is 1420 g/mol. The normalized spacial score (nSPS) is 38.4. The first-order valence-electron chi connectivity index (χ1n) is 39.6. The highest BCUT2D eigenvalue weighted by atomic mass is 16.6. The number of hydrogen-bond donors (Lipinski definition) is 1. The summed E-state index contributed by atoms with van der Waals surface area (Å²) in [6.45, 7) is 34.4. The van der Waals surface area contributed by atoms with Crippen LogP contribution in [0.5, 0.6) is 23.0 Å². The van der Waals surface area contributed by atoms with Gasteiger partial charge >= 0.3 is 23.9 Å². The van der Waals surface area contributed by atoms with E-state index in [9.17, 15) is 29.1 Å². The predicted octanol–water partition coefficient (Wildman–Crippen LogP) is 19.1. The summed E-state index contributed by atoms with van der Waals surface area (Å²) in [5.41, 5.74) is 5.47. The van der Waals surface area contributed by atoms with Crippen LogP contribution in [-0.4, -0.2) is 93.7 Å². The zero-order chi connectivity index (χ0) is 74.4. The Morgan fingerprint density at radius 3 is 1.23 bits per heavy atom. The van der Waals surface area contributed by atoms with Gasteiger partial charge in [-0.2, -0.15) is 0 Å². The van der Waals surface area contributed by atoms with Crippen molar-refractivity contribution < 1.29 is 67.0 Å². The van der Waals surface area contributed by atoms with Gasteiger partial charge < -0.3 is 43.0 Å². The number of ketones is 1. The molecule has 14 nitrogen and oxygen atoms in total. The van der Waals surface area contributed by atoms with Crippen LogP contribution in [0.2, 0.25) is 0 Å². The first-order chi connectivity index (χ1) is 48.4. The lowest BCUT2D eigenvalue weighted by Gasteiger charge is -2.64. The third-order valence-corrected chi connectivity index (χ3v) is 31.5. The molecule has 0 amide bonds. The van der Waals surface area contributed by atoms with E-state index in [-0.39, 0.29) is 102 Å². The van der Waals surface area contributed by atoms with Crippen molar-refractivity contribution in [1.82, 2.24) is 0 Å². The van der Waals surface area contributed by atoms with Crippen molar-refractivity contribution in [3.05, 3.63) is 83.0 Å². The van der Waals surface area contributed by atoms with Gasteiger partial charge in [0, 0.05) is 31.5 Å². The first-order valence-corrected chi connectivity index (χ1v) is 39.6. The van der Waals surface area contributed by atoms with E-state index in [0.717, 1.165) is 51.4 Å². The number of aliphatic hydroxyl groups is 1. The summed E-state index contributed by atoms with van der Waals surface area (Å²) in [6.07, 6.45) is 31.1. The molecule has 1 unspecified atom stereocenters. The van der Waals surface area contributed by atoms with Crippen molar-refractivity contribution in [1.29, 1.82) is 0 Å². The minimum atomic E-state index is -1.13. The number of fused-ring (bicyclic) bond motifs is 12. The van der Waals surface area contributed by atoms with Gasteiger partial charge in [0.25, 0.3) is 0 Å². The highest BCUT2D eigenvalue weighted by molar-refractivity contribution is 5.95. The van der Waals surface area contributed by atoms with E-state index in [1.54, 1.807) is 59.7 Å². The van der Waals surface area contributed by atoms with E-state index in [4.69, 9.17) is 37.9 Å². The smallest absolute Gasteiger partial charge is 0.322 e.